The van der Waals surface area contributed by atoms with Crippen LogP contribution in [0.1, 0.15) is 42.4 Å². The van der Waals surface area contributed by atoms with Gasteiger partial charge in [-0.25, -0.2) is 0 Å². The van der Waals surface area contributed by atoms with Crippen molar-refractivity contribution in [3.63, 3.8) is 0 Å². The van der Waals surface area contributed by atoms with Crippen LogP contribution in [0.25, 0.3) is 5.76 Å². The number of ketones is 1. The lowest BCUT2D eigenvalue weighted by molar-refractivity contribution is -0.132. The van der Waals surface area contributed by atoms with Crippen LogP contribution in [0.15, 0.2) is 64.6 Å². The Balaban J connectivity index is 1.60. The van der Waals surface area contributed by atoms with Gasteiger partial charge in [0.15, 0.2) is 0 Å². The van der Waals surface area contributed by atoms with Crippen molar-refractivity contribution in [2.24, 2.45) is 0 Å². The fraction of sp³-hybridized carbons (Fsp3) is 0.259. The zero-order chi connectivity index (χ0) is 24.7. The smallest absolute Gasteiger partial charge is 0.300 e. The van der Waals surface area contributed by atoms with Crippen LogP contribution < -0.4 is 9.80 Å². The molecular formula is C27H24Cl2N2O4. The second-order valence-electron chi connectivity index (χ2n) is 8.81. The van der Waals surface area contributed by atoms with Gasteiger partial charge >= 0.3 is 0 Å². The zero-order valence-electron chi connectivity index (χ0n) is 19.1. The number of carbonyl (C=O) groups excluding carboxylic acids is 2. The van der Waals surface area contributed by atoms with E-state index < -0.39 is 17.7 Å². The molecule has 3 heterocycles. The molecular weight excluding hydrogens is 487 g/mol. The van der Waals surface area contributed by atoms with Gasteiger partial charge < -0.3 is 14.4 Å². The first kappa shape index (κ1) is 23.5. The van der Waals surface area contributed by atoms with E-state index in [1.54, 1.807) is 25.1 Å². The van der Waals surface area contributed by atoms with Crippen molar-refractivity contribution in [1.29, 1.82) is 0 Å². The summed E-state index contributed by atoms with van der Waals surface area (Å²) in [6.07, 6.45) is 3.55. The molecule has 1 aromatic heterocycles. The third kappa shape index (κ3) is 4.32. The molecule has 2 aliphatic rings. The molecule has 5 rings (SSSR count). The summed E-state index contributed by atoms with van der Waals surface area (Å²) >= 11 is 12.2. The van der Waals surface area contributed by atoms with Gasteiger partial charge in [-0.1, -0.05) is 23.2 Å². The standard InChI is InChI=1S/C27H24Cl2N2O4/c1-16-5-12-22(35-16)24-23(25(32)17-6-11-20(28)21(29)15-17)26(33)27(34)31(24)19-9-7-18(8-10-19)30-13-3-2-4-14-30/h5-12,15,24,32H,2-4,13-14H2,1H3/b25-23-. The molecule has 0 aliphatic carbocycles. The minimum Gasteiger partial charge on any atom is -0.507 e. The van der Waals surface area contributed by atoms with E-state index in [9.17, 15) is 14.7 Å². The number of amides is 1. The number of rotatable bonds is 4. The molecule has 1 atom stereocenters. The lowest BCUT2D eigenvalue weighted by Crippen LogP contribution is -2.30. The van der Waals surface area contributed by atoms with E-state index in [0.29, 0.717) is 22.2 Å². The molecule has 8 heteroatoms. The summed E-state index contributed by atoms with van der Waals surface area (Å²) in [6, 6.07) is 14.7. The number of aryl methyl sites for hydroxylation is 1. The lowest BCUT2D eigenvalue weighted by Gasteiger charge is -2.29. The second-order valence-corrected chi connectivity index (χ2v) is 9.62. The first-order chi connectivity index (χ1) is 16.8. The molecule has 3 aromatic rings. The molecule has 0 bridgehead atoms. The van der Waals surface area contributed by atoms with Crippen molar-refractivity contribution in [2.75, 3.05) is 22.9 Å². The number of carbonyl (C=O) groups is 2. The topological polar surface area (TPSA) is 74.0 Å². The Morgan fingerprint density at radius 3 is 2.23 bits per heavy atom. The quantitative estimate of drug-likeness (QED) is 0.246. The zero-order valence-corrected chi connectivity index (χ0v) is 20.6. The molecule has 1 N–H and O–H groups in total. The maximum Gasteiger partial charge on any atom is 0.300 e. The molecule has 0 spiro atoms. The normalized spacial score (nSPS) is 20.0. The molecule has 1 unspecified atom stereocenters. The van der Waals surface area contributed by atoms with Crippen LogP contribution in [0.2, 0.25) is 10.0 Å². The van der Waals surface area contributed by atoms with Gasteiger partial charge in [0.05, 0.1) is 15.6 Å². The number of aliphatic hydroxyl groups excluding tert-OH is 1. The number of furan rings is 1. The highest BCUT2D eigenvalue weighted by molar-refractivity contribution is 6.51. The number of Topliss-reactive ketones (excluding diaryl/α,β-unsaturated/α-hetero) is 1. The van der Waals surface area contributed by atoms with Gasteiger partial charge in [0.1, 0.15) is 23.3 Å². The van der Waals surface area contributed by atoms with Gasteiger partial charge in [0.2, 0.25) is 0 Å². The first-order valence-electron chi connectivity index (χ1n) is 11.5. The average molecular weight is 511 g/mol. The molecule has 2 aromatic carbocycles. The third-order valence-corrected chi connectivity index (χ3v) is 7.26. The number of anilines is 2. The number of hydrogen-bond acceptors (Lipinski definition) is 5. The molecule has 180 valence electrons. The van der Waals surface area contributed by atoms with Crippen molar-refractivity contribution in [3.05, 3.63) is 87.3 Å². The van der Waals surface area contributed by atoms with E-state index in [-0.39, 0.29) is 21.9 Å². The van der Waals surface area contributed by atoms with Crippen molar-refractivity contribution >= 4 is 52.0 Å². The Morgan fingerprint density at radius 2 is 1.60 bits per heavy atom. The Bertz CT molecular complexity index is 1320. The molecule has 0 radical (unpaired) electrons. The summed E-state index contributed by atoms with van der Waals surface area (Å²) in [5.41, 5.74) is 1.83. The van der Waals surface area contributed by atoms with Crippen LogP contribution in [0.3, 0.4) is 0 Å². The highest BCUT2D eigenvalue weighted by Gasteiger charge is 2.48. The van der Waals surface area contributed by atoms with Gasteiger partial charge in [0, 0.05) is 30.0 Å². The number of benzene rings is 2. The fourth-order valence-electron chi connectivity index (χ4n) is 4.74. The van der Waals surface area contributed by atoms with Crippen LogP contribution in [-0.4, -0.2) is 29.9 Å². The number of halogens is 2. The average Bonchev–Trinajstić information content (AvgIpc) is 3.41. The summed E-state index contributed by atoms with van der Waals surface area (Å²) in [7, 11) is 0. The SMILES string of the molecule is Cc1ccc(C2/C(=C(/O)c3ccc(Cl)c(Cl)c3)C(=O)C(=O)N2c2ccc(N3CCCCC3)cc2)o1. The van der Waals surface area contributed by atoms with Gasteiger partial charge in [0.25, 0.3) is 11.7 Å². The van der Waals surface area contributed by atoms with Crippen LogP contribution in [0, 0.1) is 6.92 Å². The van der Waals surface area contributed by atoms with E-state index in [2.05, 4.69) is 4.90 Å². The second kappa shape index (κ2) is 9.44. The van der Waals surface area contributed by atoms with Crippen molar-refractivity contribution in [2.45, 2.75) is 32.2 Å². The Labute approximate surface area is 213 Å². The van der Waals surface area contributed by atoms with Gasteiger partial charge in [-0.2, -0.15) is 0 Å². The van der Waals surface area contributed by atoms with Gasteiger partial charge in [-0.3, -0.25) is 14.5 Å². The number of piperidine rings is 1. The first-order valence-corrected chi connectivity index (χ1v) is 12.3. The number of hydrogen-bond donors (Lipinski definition) is 1. The molecule has 2 saturated heterocycles. The predicted octanol–water partition coefficient (Wildman–Crippen LogP) is 6.51. The van der Waals surface area contributed by atoms with E-state index in [4.69, 9.17) is 27.6 Å². The van der Waals surface area contributed by atoms with E-state index in [1.807, 2.05) is 24.3 Å². The lowest BCUT2D eigenvalue weighted by atomic mass is 9.99. The van der Waals surface area contributed by atoms with Gasteiger partial charge in [-0.15, -0.1) is 0 Å². The number of nitrogens with zero attached hydrogens (tertiary/aromatic N) is 2. The monoisotopic (exact) mass is 510 g/mol. The summed E-state index contributed by atoms with van der Waals surface area (Å²) in [6.45, 7) is 3.78. The molecule has 0 saturated carbocycles. The van der Waals surface area contributed by atoms with E-state index in [0.717, 1.165) is 31.6 Å². The van der Waals surface area contributed by atoms with E-state index in [1.165, 1.54) is 23.5 Å². The highest BCUT2D eigenvalue weighted by Crippen LogP contribution is 2.43. The van der Waals surface area contributed by atoms with Crippen LogP contribution >= 0.6 is 23.2 Å². The minimum atomic E-state index is -0.931. The molecule has 6 nitrogen and oxygen atoms in total. The molecule has 2 fully saturated rings. The Hall–Kier alpha value is -3.22. The summed E-state index contributed by atoms with van der Waals surface area (Å²) in [4.78, 5) is 30.2. The predicted molar refractivity (Wildman–Crippen MR) is 137 cm³/mol. The van der Waals surface area contributed by atoms with Crippen LogP contribution in [0.4, 0.5) is 11.4 Å². The number of aliphatic hydroxyl groups is 1. The highest BCUT2D eigenvalue weighted by atomic mass is 35.5. The Kier molecular flexibility index (Phi) is 6.34. The Morgan fingerprint density at radius 1 is 0.914 bits per heavy atom. The van der Waals surface area contributed by atoms with E-state index >= 15 is 0 Å². The maximum atomic E-state index is 13.3. The molecule has 35 heavy (non-hydrogen) atoms. The van der Waals surface area contributed by atoms with Crippen molar-refractivity contribution in [1.82, 2.24) is 0 Å². The minimum absolute atomic E-state index is 0.0668. The largest absolute Gasteiger partial charge is 0.507 e. The third-order valence-electron chi connectivity index (χ3n) is 6.52. The van der Waals surface area contributed by atoms with Crippen LogP contribution in [0.5, 0.6) is 0 Å². The fourth-order valence-corrected chi connectivity index (χ4v) is 5.04. The molecule has 2 aliphatic heterocycles. The summed E-state index contributed by atoms with van der Waals surface area (Å²) in [5, 5.41) is 11.7. The van der Waals surface area contributed by atoms with Crippen molar-refractivity contribution < 1.29 is 19.1 Å². The van der Waals surface area contributed by atoms with Crippen LogP contribution in [-0.2, 0) is 9.59 Å². The summed E-state index contributed by atoms with van der Waals surface area (Å²) < 4.78 is 5.85. The van der Waals surface area contributed by atoms with Crippen molar-refractivity contribution in [3.8, 4) is 0 Å². The maximum absolute atomic E-state index is 13.3. The van der Waals surface area contributed by atoms with Gasteiger partial charge in [-0.05, 0) is 80.8 Å². The molecule has 1 amide bonds. The summed E-state index contributed by atoms with van der Waals surface area (Å²) in [5.74, 6) is -0.874.